The molecular weight excluding hydrogens is 370 g/mol. The summed E-state index contributed by atoms with van der Waals surface area (Å²) in [6.07, 6.45) is 1.56. The second-order valence-electron chi connectivity index (χ2n) is 6.92. The van der Waals surface area contributed by atoms with E-state index in [9.17, 15) is 9.59 Å². The van der Waals surface area contributed by atoms with Gasteiger partial charge in [-0.25, -0.2) is 14.8 Å². The molecule has 0 atom stereocenters. The molecule has 0 radical (unpaired) electrons. The third-order valence-corrected chi connectivity index (χ3v) is 4.99. The van der Waals surface area contributed by atoms with Gasteiger partial charge in [-0.3, -0.25) is 9.69 Å². The highest BCUT2D eigenvalue weighted by Crippen LogP contribution is 2.16. The van der Waals surface area contributed by atoms with Crippen LogP contribution in [0.5, 0.6) is 0 Å². The molecule has 1 aromatic carbocycles. The highest BCUT2D eigenvalue weighted by Gasteiger charge is 2.19. The molecule has 0 saturated carbocycles. The van der Waals surface area contributed by atoms with Crippen LogP contribution in [0, 0.1) is 0 Å². The first-order valence-electron chi connectivity index (χ1n) is 9.72. The average molecular weight is 393 g/mol. The summed E-state index contributed by atoms with van der Waals surface area (Å²) in [6.45, 7) is 6.01. The molecule has 1 fully saturated rings. The average Bonchev–Trinajstić information content (AvgIpc) is 2.75. The molecule has 1 N–H and O–H groups in total. The Morgan fingerprint density at radius 2 is 1.93 bits per heavy atom. The predicted molar refractivity (Wildman–Crippen MR) is 110 cm³/mol. The Morgan fingerprint density at radius 3 is 2.66 bits per heavy atom. The number of hydrogen-bond donors (Lipinski definition) is 1. The van der Waals surface area contributed by atoms with Gasteiger partial charge in [0.05, 0.1) is 29.6 Å². The van der Waals surface area contributed by atoms with Crippen LogP contribution in [0.2, 0.25) is 0 Å². The Bertz CT molecular complexity index is 1060. The number of hydrogen-bond acceptors (Lipinski definition) is 7. The minimum absolute atomic E-state index is 0.102. The number of aromatic amines is 1. The summed E-state index contributed by atoms with van der Waals surface area (Å²) in [5.41, 5.74) is 1.08. The summed E-state index contributed by atoms with van der Waals surface area (Å²) in [6, 6.07) is 11.0. The van der Waals surface area contributed by atoms with E-state index in [0.717, 1.165) is 37.5 Å². The number of fused-ring (bicyclic) bond motifs is 1. The third-order valence-electron chi connectivity index (χ3n) is 4.99. The van der Waals surface area contributed by atoms with E-state index in [4.69, 9.17) is 4.74 Å². The Morgan fingerprint density at radius 1 is 1.14 bits per heavy atom. The Balaban J connectivity index is 1.37. The van der Waals surface area contributed by atoms with Crippen LogP contribution in [0.25, 0.3) is 10.9 Å². The summed E-state index contributed by atoms with van der Waals surface area (Å²) in [7, 11) is 0. The van der Waals surface area contributed by atoms with Crippen LogP contribution >= 0.6 is 0 Å². The number of carbonyl (C=O) groups excluding carboxylic acids is 1. The second-order valence-corrected chi connectivity index (χ2v) is 6.92. The quantitative estimate of drug-likeness (QED) is 0.661. The normalized spacial score (nSPS) is 14.9. The van der Waals surface area contributed by atoms with E-state index in [2.05, 4.69) is 24.8 Å². The third kappa shape index (κ3) is 4.27. The molecule has 8 heteroatoms. The first-order valence-corrected chi connectivity index (χ1v) is 9.72. The van der Waals surface area contributed by atoms with Gasteiger partial charge in [0.2, 0.25) is 0 Å². The molecule has 150 valence electrons. The molecule has 0 aliphatic carbocycles. The van der Waals surface area contributed by atoms with Crippen molar-refractivity contribution in [1.82, 2.24) is 19.9 Å². The second kappa shape index (κ2) is 8.40. The standard InChI is InChI=1S/C21H23N5O3/c1-2-29-21(28)15-7-8-19(22-13-15)26-11-9-25(10-12-26)14-18-23-17-6-4-3-5-16(17)20(27)24-18/h3-8,13H,2,9-12,14H2,1H3,(H,23,24,27). The lowest BCUT2D eigenvalue weighted by atomic mass is 10.2. The molecule has 4 rings (SSSR count). The van der Waals surface area contributed by atoms with Crippen molar-refractivity contribution in [2.24, 2.45) is 0 Å². The van der Waals surface area contributed by atoms with Crippen LogP contribution in [0.3, 0.4) is 0 Å². The zero-order chi connectivity index (χ0) is 20.2. The van der Waals surface area contributed by atoms with Crippen molar-refractivity contribution >= 4 is 22.7 Å². The van der Waals surface area contributed by atoms with Crippen molar-refractivity contribution in [2.75, 3.05) is 37.7 Å². The highest BCUT2D eigenvalue weighted by molar-refractivity contribution is 5.89. The van der Waals surface area contributed by atoms with Gasteiger partial charge in [-0.15, -0.1) is 0 Å². The van der Waals surface area contributed by atoms with Gasteiger partial charge in [-0.1, -0.05) is 12.1 Å². The summed E-state index contributed by atoms with van der Waals surface area (Å²) in [4.78, 5) is 40.3. The van der Waals surface area contributed by atoms with Crippen LogP contribution in [0.15, 0.2) is 47.4 Å². The highest BCUT2D eigenvalue weighted by atomic mass is 16.5. The monoisotopic (exact) mass is 393 g/mol. The number of para-hydroxylation sites is 1. The van der Waals surface area contributed by atoms with E-state index in [1.54, 1.807) is 25.3 Å². The van der Waals surface area contributed by atoms with E-state index in [0.29, 0.717) is 29.9 Å². The lowest BCUT2D eigenvalue weighted by Crippen LogP contribution is -2.46. The molecule has 0 spiro atoms. The number of anilines is 1. The zero-order valence-corrected chi connectivity index (χ0v) is 16.3. The predicted octanol–water partition coefficient (Wildman–Crippen LogP) is 1.82. The molecule has 29 heavy (non-hydrogen) atoms. The summed E-state index contributed by atoms with van der Waals surface area (Å²) in [5.74, 6) is 1.17. The molecular formula is C21H23N5O3. The Kier molecular flexibility index (Phi) is 5.53. The smallest absolute Gasteiger partial charge is 0.339 e. The van der Waals surface area contributed by atoms with Crippen LogP contribution in [0.4, 0.5) is 5.82 Å². The van der Waals surface area contributed by atoms with Crippen molar-refractivity contribution in [3.8, 4) is 0 Å². The van der Waals surface area contributed by atoms with Crippen LogP contribution < -0.4 is 10.5 Å². The maximum Gasteiger partial charge on any atom is 0.339 e. The molecule has 1 saturated heterocycles. The number of ether oxygens (including phenoxy) is 1. The van der Waals surface area contributed by atoms with Gasteiger partial charge in [0.1, 0.15) is 11.6 Å². The fourth-order valence-electron chi connectivity index (χ4n) is 3.46. The van der Waals surface area contributed by atoms with Crippen molar-refractivity contribution in [3.63, 3.8) is 0 Å². The zero-order valence-electron chi connectivity index (χ0n) is 16.3. The van der Waals surface area contributed by atoms with Crippen molar-refractivity contribution < 1.29 is 9.53 Å². The largest absolute Gasteiger partial charge is 0.462 e. The fraction of sp³-hybridized carbons (Fsp3) is 0.333. The summed E-state index contributed by atoms with van der Waals surface area (Å²) in [5, 5.41) is 0.610. The van der Waals surface area contributed by atoms with E-state index in [1.807, 2.05) is 24.3 Å². The number of pyridine rings is 1. The number of H-pyrrole nitrogens is 1. The molecule has 2 aromatic heterocycles. The number of carbonyl (C=O) groups is 1. The van der Waals surface area contributed by atoms with Crippen LogP contribution in [-0.4, -0.2) is 58.6 Å². The van der Waals surface area contributed by atoms with Gasteiger partial charge < -0.3 is 14.6 Å². The van der Waals surface area contributed by atoms with Gasteiger partial charge in [0.15, 0.2) is 0 Å². The van der Waals surface area contributed by atoms with Crippen LogP contribution in [0.1, 0.15) is 23.1 Å². The first-order chi connectivity index (χ1) is 14.1. The van der Waals surface area contributed by atoms with Gasteiger partial charge in [-0.05, 0) is 31.2 Å². The van der Waals surface area contributed by atoms with Crippen molar-refractivity contribution in [1.29, 1.82) is 0 Å². The Hall–Kier alpha value is -3.26. The lowest BCUT2D eigenvalue weighted by molar-refractivity contribution is 0.0526. The number of benzene rings is 1. The Labute approximate surface area is 168 Å². The van der Waals surface area contributed by atoms with Gasteiger partial charge in [0, 0.05) is 32.4 Å². The molecule has 8 nitrogen and oxygen atoms in total. The number of esters is 1. The fourth-order valence-corrected chi connectivity index (χ4v) is 3.46. The number of nitrogens with one attached hydrogen (secondary N) is 1. The van der Waals surface area contributed by atoms with Crippen molar-refractivity contribution in [3.05, 3.63) is 64.3 Å². The first kappa shape index (κ1) is 19.1. The molecule has 3 heterocycles. The summed E-state index contributed by atoms with van der Waals surface area (Å²) < 4.78 is 4.99. The maximum absolute atomic E-state index is 12.2. The number of rotatable bonds is 5. The van der Waals surface area contributed by atoms with E-state index < -0.39 is 0 Å². The molecule has 1 aliphatic heterocycles. The van der Waals surface area contributed by atoms with Gasteiger partial charge in [-0.2, -0.15) is 0 Å². The maximum atomic E-state index is 12.2. The number of piperazine rings is 1. The molecule has 0 bridgehead atoms. The van der Waals surface area contributed by atoms with Gasteiger partial charge >= 0.3 is 5.97 Å². The van der Waals surface area contributed by atoms with E-state index in [-0.39, 0.29) is 11.5 Å². The van der Waals surface area contributed by atoms with Crippen molar-refractivity contribution in [2.45, 2.75) is 13.5 Å². The molecule has 1 aliphatic rings. The SMILES string of the molecule is CCOC(=O)c1ccc(N2CCN(Cc3nc4ccccc4c(=O)[nH]3)CC2)nc1. The topological polar surface area (TPSA) is 91.4 Å². The van der Waals surface area contributed by atoms with Gasteiger partial charge in [0.25, 0.3) is 5.56 Å². The molecule has 0 unspecified atom stereocenters. The molecule has 3 aromatic rings. The lowest BCUT2D eigenvalue weighted by Gasteiger charge is -2.35. The minimum Gasteiger partial charge on any atom is -0.462 e. The number of aromatic nitrogens is 3. The van der Waals surface area contributed by atoms with E-state index in [1.165, 1.54) is 0 Å². The van der Waals surface area contributed by atoms with Crippen LogP contribution in [-0.2, 0) is 11.3 Å². The number of nitrogens with zero attached hydrogens (tertiary/aromatic N) is 4. The molecule has 0 amide bonds. The van der Waals surface area contributed by atoms with E-state index >= 15 is 0 Å². The minimum atomic E-state index is -0.353. The summed E-state index contributed by atoms with van der Waals surface area (Å²) >= 11 is 0.